The van der Waals surface area contributed by atoms with Crippen LogP contribution in [0.15, 0.2) is 9.08 Å². The summed E-state index contributed by atoms with van der Waals surface area (Å²) in [5, 5.41) is 17.1. The fourth-order valence-electron chi connectivity index (χ4n) is 0.624. The highest BCUT2D eigenvalue weighted by Gasteiger charge is 2.12. The minimum absolute atomic E-state index is 0.355. The molecule has 0 saturated heterocycles. The molecule has 0 bridgehead atoms. The van der Waals surface area contributed by atoms with Crippen molar-refractivity contribution < 1.29 is 0 Å². The lowest BCUT2D eigenvalue weighted by Crippen LogP contribution is -1.71. The standard InChI is InChI=1S/C6HBr2N3/c7-5-3(1-9)6(8)11-4(5)2-10/h11H. The van der Waals surface area contributed by atoms with Gasteiger partial charge < -0.3 is 4.98 Å². The second kappa shape index (κ2) is 3.08. The largest absolute Gasteiger partial charge is 0.339 e. The van der Waals surface area contributed by atoms with E-state index in [4.69, 9.17) is 10.5 Å². The van der Waals surface area contributed by atoms with E-state index in [1.165, 1.54) is 0 Å². The maximum absolute atomic E-state index is 8.57. The first-order valence-electron chi connectivity index (χ1n) is 2.58. The van der Waals surface area contributed by atoms with Crippen LogP contribution in [0, 0.1) is 22.7 Å². The van der Waals surface area contributed by atoms with Gasteiger partial charge in [0.15, 0.2) is 0 Å². The molecular weight excluding hydrogens is 274 g/mol. The number of halogens is 2. The van der Waals surface area contributed by atoms with Crippen molar-refractivity contribution in [2.24, 2.45) is 0 Å². The van der Waals surface area contributed by atoms with Crippen LogP contribution in [0.5, 0.6) is 0 Å². The van der Waals surface area contributed by atoms with Gasteiger partial charge in [-0.2, -0.15) is 10.5 Å². The van der Waals surface area contributed by atoms with E-state index in [1.807, 2.05) is 12.1 Å². The van der Waals surface area contributed by atoms with E-state index in [0.29, 0.717) is 20.3 Å². The summed E-state index contributed by atoms with van der Waals surface area (Å²) in [5.41, 5.74) is 0.773. The van der Waals surface area contributed by atoms with E-state index in [0.717, 1.165) is 0 Å². The maximum atomic E-state index is 8.57. The highest BCUT2D eigenvalue weighted by atomic mass is 79.9. The van der Waals surface area contributed by atoms with Crippen molar-refractivity contribution in [1.82, 2.24) is 4.98 Å². The summed E-state index contributed by atoms with van der Waals surface area (Å²) >= 11 is 6.23. The lowest BCUT2D eigenvalue weighted by molar-refractivity contribution is 1.29. The summed E-state index contributed by atoms with van der Waals surface area (Å²) in [4.78, 5) is 2.70. The molecule has 3 nitrogen and oxygen atoms in total. The molecule has 11 heavy (non-hydrogen) atoms. The molecule has 1 N–H and O–H groups in total. The Labute approximate surface area is 79.9 Å². The average molecular weight is 275 g/mol. The number of nitrogens with zero attached hydrogens (tertiary/aromatic N) is 2. The van der Waals surface area contributed by atoms with E-state index in [1.54, 1.807) is 0 Å². The van der Waals surface area contributed by atoms with E-state index in [-0.39, 0.29) is 0 Å². The summed E-state index contributed by atoms with van der Waals surface area (Å²) in [6.07, 6.45) is 0. The number of rotatable bonds is 0. The first-order chi connectivity index (χ1) is 5.20. The number of aromatic nitrogens is 1. The summed E-state index contributed by atoms with van der Waals surface area (Å²) in [5.74, 6) is 0. The van der Waals surface area contributed by atoms with Crippen molar-refractivity contribution in [2.45, 2.75) is 0 Å². The quantitative estimate of drug-likeness (QED) is 0.789. The van der Waals surface area contributed by atoms with Crippen LogP contribution in [0.4, 0.5) is 0 Å². The second-order valence-corrected chi connectivity index (χ2v) is 3.31. The van der Waals surface area contributed by atoms with Gasteiger partial charge in [-0.1, -0.05) is 0 Å². The van der Waals surface area contributed by atoms with Gasteiger partial charge in [-0.05, 0) is 31.9 Å². The first-order valence-corrected chi connectivity index (χ1v) is 4.16. The Hall–Kier alpha value is -0.780. The monoisotopic (exact) mass is 273 g/mol. The SMILES string of the molecule is N#Cc1[nH]c(Br)c(C#N)c1Br. The van der Waals surface area contributed by atoms with E-state index >= 15 is 0 Å². The zero-order chi connectivity index (χ0) is 8.43. The van der Waals surface area contributed by atoms with Crippen LogP contribution in [-0.2, 0) is 0 Å². The normalized spacial score (nSPS) is 8.73. The van der Waals surface area contributed by atoms with Gasteiger partial charge >= 0.3 is 0 Å². The third kappa shape index (κ3) is 1.30. The molecule has 0 fully saturated rings. The molecular formula is C6HBr2N3. The lowest BCUT2D eigenvalue weighted by Gasteiger charge is -1.80. The molecule has 54 valence electrons. The Morgan fingerprint density at radius 1 is 1.18 bits per heavy atom. The molecule has 1 aromatic heterocycles. The number of hydrogen-bond donors (Lipinski definition) is 1. The Morgan fingerprint density at radius 3 is 2.09 bits per heavy atom. The molecule has 0 aromatic carbocycles. The molecule has 0 radical (unpaired) electrons. The fourth-order valence-corrected chi connectivity index (χ4v) is 1.85. The van der Waals surface area contributed by atoms with Crippen LogP contribution < -0.4 is 0 Å². The number of nitrogens with one attached hydrogen (secondary N) is 1. The molecule has 1 heterocycles. The molecule has 1 rings (SSSR count). The van der Waals surface area contributed by atoms with Gasteiger partial charge in [0.1, 0.15) is 22.4 Å². The molecule has 0 spiro atoms. The number of hydrogen-bond acceptors (Lipinski definition) is 2. The molecule has 0 aliphatic carbocycles. The Kier molecular flexibility index (Phi) is 2.33. The van der Waals surface area contributed by atoms with Crippen LogP contribution in [0.25, 0.3) is 0 Å². The molecule has 0 saturated carbocycles. The molecule has 0 unspecified atom stereocenters. The molecule has 1 aromatic rings. The van der Waals surface area contributed by atoms with Crippen molar-refractivity contribution >= 4 is 31.9 Å². The maximum Gasteiger partial charge on any atom is 0.134 e. The van der Waals surface area contributed by atoms with Crippen molar-refractivity contribution in [2.75, 3.05) is 0 Å². The average Bonchev–Trinajstić information content (AvgIpc) is 2.26. The zero-order valence-electron chi connectivity index (χ0n) is 5.15. The van der Waals surface area contributed by atoms with Crippen molar-refractivity contribution in [1.29, 1.82) is 10.5 Å². The van der Waals surface area contributed by atoms with Gasteiger partial charge in [-0.3, -0.25) is 0 Å². The number of H-pyrrole nitrogens is 1. The van der Waals surface area contributed by atoms with Crippen LogP contribution in [-0.4, -0.2) is 4.98 Å². The molecule has 0 aliphatic rings. The zero-order valence-corrected chi connectivity index (χ0v) is 8.32. The third-order valence-corrected chi connectivity index (χ3v) is 2.50. The fraction of sp³-hybridized carbons (Fsp3) is 0. The highest BCUT2D eigenvalue weighted by Crippen LogP contribution is 2.27. The minimum atomic E-state index is 0.355. The predicted molar refractivity (Wildman–Crippen MR) is 45.6 cm³/mol. The Morgan fingerprint density at radius 2 is 1.82 bits per heavy atom. The second-order valence-electron chi connectivity index (χ2n) is 1.73. The first kappa shape index (κ1) is 8.32. The van der Waals surface area contributed by atoms with Crippen LogP contribution in [0.1, 0.15) is 11.3 Å². The van der Waals surface area contributed by atoms with E-state index in [2.05, 4.69) is 36.8 Å². The van der Waals surface area contributed by atoms with Crippen LogP contribution in [0.2, 0.25) is 0 Å². The Balaban J connectivity index is 3.43. The molecule has 5 heteroatoms. The summed E-state index contributed by atoms with van der Waals surface area (Å²) in [6, 6.07) is 3.85. The summed E-state index contributed by atoms with van der Waals surface area (Å²) in [6.45, 7) is 0. The Bertz CT molecular complexity index is 366. The van der Waals surface area contributed by atoms with Crippen LogP contribution >= 0.6 is 31.9 Å². The predicted octanol–water partition coefficient (Wildman–Crippen LogP) is 2.28. The van der Waals surface area contributed by atoms with Gasteiger partial charge in [0.25, 0.3) is 0 Å². The molecule has 0 atom stereocenters. The summed E-state index contributed by atoms with van der Waals surface area (Å²) < 4.78 is 1.04. The van der Waals surface area contributed by atoms with Gasteiger partial charge in [-0.15, -0.1) is 0 Å². The van der Waals surface area contributed by atoms with E-state index < -0.39 is 0 Å². The molecule has 0 amide bonds. The van der Waals surface area contributed by atoms with Gasteiger partial charge in [0, 0.05) is 0 Å². The van der Waals surface area contributed by atoms with Gasteiger partial charge in [0.05, 0.1) is 10.0 Å². The smallest absolute Gasteiger partial charge is 0.134 e. The lowest BCUT2D eigenvalue weighted by atomic mass is 10.3. The van der Waals surface area contributed by atoms with Crippen molar-refractivity contribution in [3.8, 4) is 12.1 Å². The van der Waals surface area contributed by atoms with Crippen molar-refractivity contribution in [3.63, 3.8) is 0 Å². The molecule has 0 aliphatic heterocycles. The van der Waals surface area contributed by atoms with Crippen LogP contribution in [0.3, 0.4) is 0 Å². The van der Waals surface area contributed by atoms with Crippen molar-refractivity contribution in [3.05, 3.63) is 20.3 Å². The number of nitriles is 2. The summed E-state index contributed by atoms with van der Waals surface area (Å²) in [7, 11) is 0. The minimum Gasteiger partial charge on any atom is -0.339 e. The number of aromatic amines is 1. The van der Waals surface area contributed by atoms with Gasteiger partial charge in [-0.25, -0.2) is 0 Å². The highest BCUT2D eigenvalue weighted by molar-refractivity contribution is 9.11. The third-order valence-electron chi connectivity index (χ3n) is 1.12. The topological polar surface area (TPSA) is 63.4 Å². The van der Waals surface area contributed by atoms with E-state index in [9.17, 15) is 0 Å². The van der Waals surface area contributed by atoms with Gasteiger partial charge in [0.2, 0.25) is 0 Å².